The molecule has 0 aliphatic carbocycles. The van der Waals surface area contributed by atoms with E-state index in [2.05, 4.69) is 22.1 Å². The molecule has 0 aliphatic rings. The molecule has 0 fully saturated rings. The van der Waals surface area contributed by atoms with E-state index in [0.29, 0.717) is 17.5 Å². The van der Waals surface area contributed by atoms with E-state index in [-0.39, 0.29) is 17.5 Å². The van der Waals surface area contributed by atoms with Crippen molar-refractivity contribution >= 4 is 23.4 Å². The fraction of sp³-hybridized carbons (Fsp3) is 0.190. The van der Waals surface area contributed by atoms with Crippen LogP contribution in [-0.2, 0) is 11.3 Å². The van der Waals surface area contributed by atoms with Gasteiger partial charge in [0.2, 0.25) is 5.91 Å². The number of hydrogen-bond donors (Lipinski definition) is 1. The Morgan fingerprint density at radius 1 is 1.21 bits per heavy atom. The Hall–Kier alpha value is -2.93. The molecule has 1 N–H and O–H groups in total. The third-order valence-electron chi connectivity index (χ3n) is 4.12. The summed E-state index contributed by atoms with van der Waals surface area (Å²) in [7, 11) is 0. The molecular formula is C21H21FN4OS. The number of nitrogens with one attached hydrogen (secondary N) is 1. The van der Waals surface area contributed by atoms with E-state index in [1.165, 1.54) is 23.9 Å². The largest absolute Gasteiger partial charge is 0.325 e. The van der Waals surface area contributed by atoms with Crippen LogP contribution in [0.2, 0.25) is 0 Å². The lowest BCUT2D eigenvalue weighted by molar-refractivity contribution is -0.113. The van der Waals surface area contributed by atoms with Crippen LogP contribution in [0.25, 0.3) is 11.4 Å². The maximum Gasteiger partial charge on any atom is 0.234 e. The number of carbonyl (C=O) groups excluding carboxylic acids is 1. The van der Waals surface area contributed by atoms with Crippen LogP contribution >= 0.6 is 11.8 Å². The number of aryl methyl sites for hydroxylation is 2. The molecule has 0 saturated heterocycles. The summed E-state index contributed by atoms with van der Waals surface area (Å²) in [5.41, 5.74) is 3.72. The third kappa shape index (κ3) is 4.67. The van der Waals surface area contributed by atoms with Crippen molar-refractivity contribution in [3.05, 3.63) is 72.1 Å². The zero-order valence-corrected chi connectivity index (χ0v) is 16.6. The van der Waals surface area contributed by atoms with Crippen molar-refractivity contribution < 1.29 is 9.18 Å². The van der Waals surface area contributed by atoms with Crippen molar-refractivity contribution in [3.8, 4) is 11.4 Å². The molecule has 0 radical (unpaired) electrons. The van der Waals surface area contributed by atoms with Gasteiger partial charge in [-0.15, -0.1) is 16.8 Å². The normalized spacial score (nSPS) is 10.7. The van der Waals surface area contributed by atoms with Gasteiger partial charge in [-0.1, -0.05) is 35.5 Å². The van der Waals surface area contributed by atoms with Crippen LogP contribution < -0.4 is 5.32 Å². The van der Waals surface area contributed by atoms with Gasteiger partial charge in [-0.3, -0.25) is 9.36 Å². The van der Waals surface area contributed by atoms with Crippen molar-refractivity contribution in [2.45, 2.75) is 25.5 Å². The van der Waals surface area contributed by atoms with Gasteiger partial charge in [0, 0.05) is 17.8 Å². The molecule has 1 heterocycles. The number of nitrogens with zero attached hydrogens (tertiary/aromatic N) is 3. The number of amides is 1. The molecule has 28 heavy (non-hydrogen) atoms. The van der Waals surface area contributed by atoms with Crippen LogP contribution in [0.15, 0.2) is 60.3 Å². The van der Waals surface area contributed by atoms with E-state index in [9.17, 15) is 9.18 Å². The maximum absolute atomic E-state index is 13.2. The number of halogens is 1. The number of hydrogen-bond acceptors (Lipinski definition) is 4. The topological polar surface area (TPSA) is 59.8 Å². The number of carbonyl (C=O) groups is 1. The van der Waals surface area contributed by atoms with Gasteiger partial charge in [-0.2, -0.15) is 0 Å². The molecule has 0 bridgehead atoms. The predicted octanol–water partition coefficient (Wildman–Crippen LogP) is 4.62. The van der Waals surface area contributed by atoms with E-state index in [4.69, 9.17) is 0 Å². The molecule has 0 atom stereocenters. The smallest absolute Gasteiger partial charge is 0.234 e. The van der Waals surface area contributed by atoms with E-state index < -0.39 is 0 Å². The number of thioether (sulfide) groups is 1. The van der Waals surface area contributed by atoms with Crippen molar-refractivity contribution in [2.24, 2.45) is 0 Å². The number of anilines is 1. The average Bonchev–Trinajstić information content (AvgIpc) is 3.06. The minimum absolute atomic E-state index is 0.117. The minimum atomic E-state index is -0.309. The maximum atomic E-state index is 13.2. The van der Waals surface area contributed by atoms with Gasteiger partial charge in [0.1, 0.15) is 5.82 Å². The summed E-state index contributed by atoms with van der Waals surface area (Å²) in [6.45, 7) is 8.23. The van der Waals surface area contributed by atoms with Crippen LogP contribution in [0.1, 0.15) is 11.1 Å². The fourth-order valence-corrected chi connectivity index (χ4v) is 3.52. The lowest BCUT2D eigenvalue weighted by Crippen LogP contribution is -2.15. The molecule has 3 aromatic rings. The second kappa shape index (κ2) is 8.84. The molecule has 0 saturated carbocycles. The van der Waals surface area contributed by atoms with Gasteiger partial charge >= 0.3 is 0 Å². The van der Waals surface area contributed by atoms with Crippen LogP contribution in [0.4, 0.5) is 10.1 Å². The summed E-state index contributed by atoms with van der Waals surface area (Å²) < 4.78 is 15.0. The Kier molecular flexibility index (Phi) is 6.26. The molecule has 3 rings (SSSR count). The van der Waals surface area contributed by atoms with Gasteiger partial charge in [0.25, 0.3) is 0 Å². The van der Waals surface area contributed by atoms with E-state index in [0.717, 1.165) is 22.4 Å². The van der Waals surface area contributed by atoms with Gasteiger partial charge < -0.3 is 5.32 Å². The molecular weight excluding hydrogens is 375 g/mol. The molecule has 1 aromatic heterocycles. The summed E-state index contributed by atoms with van der Waals surface area (Å²) in [5, 5.41) is 11.9. The summed E-state index contributed by atoms with van der Waals surface area (Å²) in [6.07, 6.45) is 1.73. The molecule has 2 aromatic carbocycles. The van der Waals surface area contributed by atoms with Crippen LogP contribution in [0, 0.1) is 19.7 Å². The summed E-state index contributed by atoms with van der Waals surface area (Å²) in [4.78, 5) is 12.4. The highest BCUT2D eigenvalue weighted by Crippen LogP contribution is 2.25. The zero-order valence-electron chi connectivity index (χ0n) is 15.8. The lowest BCUT2D eigenvalue weighted by atomic mass is 10.1. The summed E-state index contributed by atoms with van der Waals surface area (Å²) >= 11 is 1.30. The second-order valence-electron chi connectivity index (χ2n) is 6.37. The Bertz CT molecular complexity index is 998. The minimum Gasteiger partial charge on any atom is -0.325 e. The Morgan fingerprint density at radius 3 is 2.64 bits per heavy atom. The first-order chi connectivity index (χ1) is 13.5. The van der Waals surface area contributed by atoms with Crippen molar-refractivity contribution in [1.29, 1.82) is 0 Å². The first kappa shape index (κ1) is 19.8. The molecule has 1 amide bonds. The zero-order chi connectivity index (χ0) is 20.1. The van der Waals surface area contributed by atoms with Crippen LogP contribution in [0.5, 0.6) is 0 Å². The average molecular weight is 396 g/mol. The Morgan fingerprint density at radius 2 is 1.96 bits per heavy atom. The molecule has 5 nitrogen and oxygen atoms in total. The highest BCUT2D eigenvalue weighted by molar-refractivity contribution is 7.99. The first-order valence-corrected chi connectivity index (χ1v) is 9.76. The van der Waals surface area contributed by atoms with Crippen molar-refractivity contribution in [3.63, 3.8) is 0 Å². The molecule has 0 spiro atoms. The third-order valence-corrected chi connectivity index (χ3v) is 5.09. The van der Waals surface area contributed by atoms with E-state index in [1.807, 2.05) is 36.6 Å². The monoisotopic (exact) mass is 396 g/mol. The Labute approximate surface area is 167 Å². The van der Waals surface area contributed by atoms with Crippen molar-refractivity contribution in [1.82, 2.24) is 14.8 Å². The fourth-order valence-electron chi connectivity index (χ4n) is 2.77. The summed E-state index contributed by atoms with van der Waals surface area (Å²) in [6, 6.07) is 12.0. The van der Waals surface area contributed by atoms with Gasteiger partial charge in [0.05, 0.1) is 5.75 Å². The first-order valence-electron chi connectivity index (χ1n) is 8.78. The predicted molar refractivity (Wildman–Crippen MR) is 111 cm³/mol. The Balaban J connectivity index is 1.72. The highest BCUT2D eigenvalue weighted by atomic mass is 32.2. The standard InChI is InChI=1S/C21H21FN4OS/c1-4-11-26-20(16-6-8-17(22)9-7-16)24-25-21(26)28-13-19(27)23-18-10-5-14(2)12-15(18)3/h4-10,12H,1,11,13H2,2-3H3,(H,23,27). The number of rotatable bonds is 7. The van der Waals surface area contributed by atoms with Gasteiger partial charge in [-0.25, -0.2) is 4.39 Å². The van der Waals surface area contributed by atoms with Crippen LogP contribution in [-0.4, -0.2) is 26.4 Å². The van der Waals surface area contributed by atoms with Gasteiger partial charge in [-0.05, 0) is 49.7 Å². The number of benzene rings is 2. The highest BCUT2D eigenvalue weighted by Gasteiger charge is 2.15. The number of allylic oxidation sites excluding steroid dienone is 1. The lowest BCUT2D eigenvalue weighted by Gasteiger charge is -2.10. The van der Waals surface area contributed by atoms with E-state index >= 15 is 0 Å². The SMILES string of the molecule is C=CCn1c(SCC(=O)Nc2ccc(C)cc2C)nnc1-c1ccc(F)cc1. The second-order valence-corrected chi connectivity index (χ2v) is 7.31. The quantitative estimate of drug-likeness (QED) is 0.468. The van der Waals surface area contributed by atoms with Crippen LogP contribution in [0.3, 0.4) is 0 Å². The molecule has 7 heteroatoms. The van der Waals surface area contributed by atoms with E-state index in [1.54, 1.807) is 18.2 Å². The molecule has 0 unspecified atom stereocenters. The molecule has 0 aliphatic heterocycles. The number of aromatic nitrogens is 3. The summed E-state index contributed by atoms with van der Waals surface area (Å²) in [5.74, 6) is 0.383. The van der Waals surface area contributed by atoms with Crippen molar-refractivity contribution in [2.75, 3.05) is 11.1 Å². The molecule has 144 valence electrons. The van der Waals surface area contributed by atoms with Gasteiger partial charge in [0.15, 0.2) is 11.0 Å².